The Morgan fingerprint density at radius 1 is 1.35 bits per heavy atom. The summed E-state index contributed by atoms with van der Waals surface area (Å²) in [6.07, 6.45) is 3.23. The van der Waals surface area contributed by atoms with Crippen molar-refractivity contribution in [1.82, 2.24) is 15.0 Å². The zero-order valence-electron chi connectivity index (χ0n) is 10.7. The van der Waals surface area contributed by atoms with Crippen molar-refractivity contribution in [3.05, 3.63) is 41.2 Å². The average Bonchev–Trinajstić information content (AvgIpc) is 2.80. The molecule has 1 aromatic carbocycles. The van der Waals surface area contributed by atoms with Crippen molar-refractivity contribution < 1.29 is 9.90 Å². The summed E-state index contributed by atoms with van der Waals surface area (Å²) in [4.78, 5) is 10.9. The number of aromatic nitrogens is 3. The first kappa shape index (κ1) is 12.4. The first-order valence-electron chi connectivity index (χ1n) is 6.40. The van der Waals surface area contributed by atoms with Gasteiger partial charge in [-0.05, 0) is 37.1 Å². The highest BCUT2D eigenvalue weighted by Crippen LogP contribution is 2.38. The number of carboxylic acids is 1. The topological polar surface area (TPSA) is 91.8 Å². The van der Waals surface area contributed by atoms with E-state index in [2.05, 4.69) is 16.4 Å². The maximum absolute atomic E-state index is 10.9. The van der Waals surface area contributed by atoms with E-state index in [9.17, 15) is 4.79 Å². The molecule has 1 aliphatic carbocycles. The Morgan fingerprint density at radius 3 is 2.55 bits per heavy atom. The van der Waals surface area contributed by atoms with Gasteiger partial charge in [-0.3, -0.25) is 0 Å². The van der Waals surface area contributed by atoms with Crippen LogP contribution in [0.25, 0.3) is 5.69 Å². The highest BCUT2D eigenvalue weighted by atomic mass is 16.4. The number of nitriles is 1. The van der Waals surface area contributed by atoms with Gasteiger partial charge in [0, 0.05) is 5.92 Å². The number of nitrogens with zero attached hydrogens (tertiary/aromatic N) is 4. The van der Waals surface area contributed by atoms with Crippen molar-refractivity contribution in [3.8, 4) is 11.8 Å². The molecule has 1 saturated carbocycles. The van der Waals surface area contributed by atoms with Gasteiger partial charge >= 0.3 is 5.97 Å². The van der Waals surface area contributed by atoms with E-state index in [1.54, 1.807) is 16.8 Å². The summed E-state index contributed by atoms with van der Waals surface area (Å²) in [7, 11) is 0. The number of benzene rings is 1. The minimum atomic E-state index is -0.966. The Labute approximate surface area is 115 Å². The summed E-state index contributed by atoms with van der Waals surface area (Å²) in [6.45, 7) is 0. The maximum atomic E-state index is 10.9. The summed E-state index contributed by atoms with van der Waals surface area (Å²) in [5.41, 5.74) is 2.14. The van der Waals surface area contributed by atoms with Crippen LogP contribution in [0.15, 0.2) is 24.3 Å². The average molecular weight is 268 g/mol. The van der Waals surface area contributed by atoms with E-state index >= 15 is 0 Å². The molecule has 1 aliphatic rings. The number of hydrogen-bond acceptors (Lipinski definition) is 4. The number of carboxylic acid groups (broad SMARTS) is 1. The number of carbonyl (C=O) groups is 1. The summed E-state index contributed by atoms with van der Waals surface area (Å²) in [5, 5.41) is 26.0. The van der Waals surface area contributed by atoms with Gasteiger partial charge < -0.3 is 5.11 Å². The van der Waals surface area contributed by atoms with Crippen molar-refractivity contribution in [2.24, 2.45) is 0 Å². The quantitative estimate of drug-likeness (QED) is 0.920. The Hall–Kier alpha value is -2.68. The number of rotatable bonds is 3. The molecule has 0 saturated heterocycles. The molecule has 1 aromatic heterocycles. The number of aromatic carboxylic acids is 1. The molecule has 1 heterocycles. The molecule has 0 aliphatic heterocycles. The second-order valence-corrected chi connectivity index (χ2v) is 4.83. The Kier molecular flexibility index (Phi) is 2.95. The summed E-state index contributed by atoms with van der Waals surface area (Å²) in [5.74, 6) is -0.647. The third kappa shape index (κ3) is 1.93. The summed E-state index contributed by atoms with van der Waals surface area (Å²) in [6, 6.07) is 8.49. The van der Waals surface area contributed by atoms with Gasteiger partial charge in [0.05, 0.1) is 16.9 Å². The van der Waals surface area contributed by atoms with Crippen LogP contribution in [0, 0.1) is 11.3 Å². The second-order valence-electron chi connectivity index (χ2n) is 4.83. The fourth-order valence-electron chi connectivity index (χ4n) is 2.35. The standard InChI is InChI=1S/C14H12N4O2/c15-8-12-13(9-2-1-3-9)18(17-16-12)11-6-4-10(5-7-11)14(19)20/h4-7,9H,1-3H2,(H,19,20). The number of hydrogen-bond donors (Lipinski definition) is 1. The largest absolute Gasteiger partial charge is 0.478 e. The molecule has 3 rings (SSSR count). The predicted octanol–water partition coefficient (Wildman–Crippen LogP) is 2.10. The fourth-order valence-corrected chi connectivity index (χ4v) is 2.35. The smallest absolute Gasteiger partial charge is 0.335 e. The Morgan fingerprint density at radius 2 is 2.05 bits per heavy atom. The van der Waals surface area contributed by atoms with Crippen LogP contribution in [0.3, 0.4) is 0 Å². The van der Waals surface area contributed by atoms with E-state index in [0.29, 0.717) is 11.6 Å². The molecule has 0 bridgehead atoms. The van der Waals surface area contributed by atoms with Crippen LogP contribution in [0.1, 0.15) is 46.9 Å². The molecule has 0 unspecified atom stereocenters. The zero-order valence-corrected chi connectivity index (χ0v) is 10.7. The molecule has 20 heavy (non-hydrogen) atoms. The molecule has 1 N–H and O–H groups in total. The molecule has 0 spiro atoms. The van der Waals surface area contributed by atoms with Gasteiger partial charge in [0.15, 0.2) is 5.69 Å². The van der Waals surface area contributed by atoms with Gasteiger partial charge in [-0.15, -0.1) is 5.10 Å². The summed E-state index contributed by atoms with van der Waals surface area (Å²) < 4.78 is 1.65. The van der Waals surface area contributed by atoms with Gasteiger partial charge in [0.25, 0.3) is 0 Å². The van der Waals surface area contributed by atoms with Crippen LogP contribution in [0.5, 0.6) is 0 Å². The molecular weight excluding hydrogens is 256 g/mol. The van der Waals surface area contributed by atoms with E-state index in [1.807, 2.05) is 0 Å². The normalized spacial score (nSPS) is 14.6. The van der Waals surface area contributed by atoms with Crippen LogP contribution in [0.4, 0.5) is 0 Å². The second kappa shape index (κ2) is 4.78. The Bertz CT molecular complexity index is 693. The molecular formula is C14H12N4O2. The van der Waals surface area contributed by atoms with E-state index in [0.717, 1.165) is 30.6 Å². The molecule has 6 nitrogen and oxygen atoms in total. The third-order valence-electron chi connectivity index (χ3n) is 3.66. The van der Waals surface area contributed by atoms with Crippen molar-refractivity contribution in [1.29, 1.82) is 5.26 Å². The predicted molar refractivity (Wildman–Crippen MR) is 69.6 cm³/mol. The van der Waals surface area contributed by atoms with Crippen LogP contribution in [-0.4, -0.2) is 26.1 Å². The summed E-state index contributed by atoms with van der Waals surface area (Å²) >= 11 is 0. The van der Waals surface area contributed by atoms with Crippen LogP contribution >= 0.6 is 0 Å². The SMILES string of the molecule is N#Cc1nnn(-c2ccc(C(=O)O)cc2)c1C1CCC1. The molecule has 6 heteroatoms. The van der Waals surface area contributed by atoms with Crippen molar-refractivity contribution in [3.63, 3.8) is 0 Å². The van der Waals surface area contributed by atoms with Gasteiger partial charge in [0.1, 0.15) is 6.07 Å². The highest BCUT2D eigenvalue weighted by Gasteiger charge is 2.28. The fraction of sp³-hybridized carbons (Fsp3) is 0.286. The van der Waals surface area contributed by atoms with Gasteiger partial charge in [0.2, 0.25) is 0 Å². The van der Waals surface area contributed by atoms with E-state index in [-0.39, 0.29) is 5.56 Å². The van der Waals surface area contributed by atoms with Crippen molar-refractivity contribution in [2.45, 2.75) is 25.2 Å². The lowest BCUT2D eigenvalue weighted by atomic mass is 9.82. The van der Waals surface area contributed by atoms with Gasteiger partial charge in [-0.2, -0.15) is 5.26 Å². The van der Waals surface area contributed by atoms with E-state index < -0.39 is 5.97 Å². The van der Waals surface area contributed by atoms with E-state index in [4.69, 9.17) is 10.4 Å². The lowest BCUT2D eigenvalue weighted by molar-refractivity contribution is 0.0697. The lowest BCUT2D eigenvalue weighted by Gasteiger charge is -2.25. The minimum absolute atomic E-state index is 0.222. The Balaban J connectivity index is 2.03. The minimum Gasteiger partial charge on any atom is -0.478 e. The first-order chi connectivity index (χ1) is 9.70. The molecule has 2 aromatic rings. The van der Waals surface area contributed by atoms with Crippen molar-refractivity contribution >= 4 is 5.97 Å². The first-order valence-corrected chi connectivity index (χ1v) is 6.40. The lowest BCUT2D eigenvalue weighted by Crippen LogP contribution is -2.15. The molecule has 0 amide bonds. The monoisotopic (exact) mass is 268 g/mol. The third-order valence-corrected chi connectivity index (χ3v) is 3.66. The molecule has 100 valence electrons. The van der Waals surface area contributed by atoms with E-state index in [1.165, 1.54) is 12.1 Å². The maximum Gasteiger partial charge on any atom is 0.335 e. The molecule has 1 fully saturated rings. The van der Waals surface area contributed by atoms with Crippen LogP contribution < -0.4 is 0 Å². The van der Waals surface area contributed by atoms with Crippen LogP contribution in [-0.2, 0) is 0 Å². The van der Waals surface area contributed by atoms with Gasteiger partial charge in [-0.25, -0.2) is 9.48 Å². The molecule has 0 radical (unpaired) electrons. The highest BCUT2D eigenvalue weighted by molar-refractivity contribution is 5.87. The van der Waals surface area contributed by atoms with Gasteiger partial charge in [-0.1, -0.05) is 11.6 Å². The molecule has 0 atom stereocenters. The van der Waals surface area contributed by atoms with Crippen molar-refractivity contribution in [2.75, 3.05) is 0 Å². The van der Waals surface area contributed by atoms with Crippen LogP contribution in [0.2, 0.25) is 0 Å². The zero-order chi connectivity index (χ0) is 14.1.